The third-order valence-electron chi connectivity index (χ3n) is 3.44. The van der Waals surface area contributed by atoms with E-state index in [0.717, 1.165) is 22.1 Å². The van der Waals surface area contributed by atoms with Gasteiger partial charge in [-0.1, -0.05) is 32.9 Å². The summed E-state index contributed by atoms with van der Waals surface area (Å²) in [6, 6.07) is 12.4. The minimum absolute atomic E-state index is 0.140. The summed E-state index contributed by atoms with van der Waals surface area (Å²) in [5.41, 5.74) is 4.51. The highest BCUT2D eigenvalue weighted by atomic mass is 32.1. The van der Waals surface area contributed by atoms with Crippen molar-refractivity contribution >= 4 is 22.2 Å². The van der Waals surface area contributed by atoms with Crippen molar-refractivity contribution in [3.05, 3.63) is 59.7 Å². The monoisotopic (exact) mass is 309 g/mol. The van der Waals surface area contributed by atoms with E-state index in [1.165, 1.54) is 5.56 Å². The summed E-state index contributed by atoms with van der Waals surface area (Å²) in [5, 5.41) is 6.34. The van der Waals surface area contributed by atoms with Crippen LogP contribution in [0.5, 0.6) is 0 Å². The third kappa shape index (κ3) is 3.34. The Morgan fingerprint density at radius 1 is 1.09 bits per heavy atom. The fourth-order valence-corrected chi connectivity index (χ4v) is 2.90. The highest BCUT2D eigenvalue weighted by Crippen LogP contribution is 2.29. The van der Waals surface area contributed by atoms with Crippen LogP contribution in [0, 0.1) is 0 Å². The van der Waals surface area contributed by atoms with Crippen molar-refractivity contribution in [3.8, 4) is 11.3 Å². The Labute approximate surface area is 135 Å². The lowest BCUT2D eigenvalue weighted by atomic mass is 9.87. The smallest absolute Gasteiger partial charge is 0.187 e. The van der Waals surface area contributed by atoms with Gasteiger partial charge in [0.1, 0.15) is 0 Å². The van der Waals surface area contributed by atoms with Crippen molar-refractivity contribution in [1.82, 2.24) is 9.97 Å². The molecular formula is C18H19N3S. The summed E-state index contributed by atoms with van der Waals surface area (Å²) in [4.78, 5) is 8.77. The van der Waals surface area contributed by atoms with E-state index in [4.69, 9.17) is 0 Å². The van der Waals surface area contributed by atoms with Crippen molar-refractivity contribution in [2.24, 2.45) is 0 Å². The highest BCUT2D eigenvalue weighted by molar-refractivity contribution is 7.14. The Morgan fingerprint density at radius 3 is 2.68 bits per heavy atom. The Hall–Kier alpha value is -2.20. The molecule has 0 radical (unpaired) electrons. The molecule has 0 amide bonds. The molecule has 22 heavy (non-hydrogen) atoms. The minimum Gasteiger partial charge on any atom is -0.332 e. The average Bonchev–Trinajstić information content (AvgIpc) is 2.96. The van der Waals surface area contributed by atoms with Gasteiger partial charge in [-0.3, -0.25) is 4.98 Å². The zero-order valence-corrected chi connectivity index (χ0v) is 13.8. The van der Waals surface area contributed by atoms with Gasteiger partial charge in [-0.2, -0.15) is 0 Å². The van der Waals surface area contributed by atoms with E-state index in [0.29, 0.717) is 0 Å². The fourth-order valence-electron chi connectivity index (χ4n) is 2.16. The van der Waals surface area contributed by atoms with Crippen LogP contribution in [0.1, 0.15) is 26.3 Å². The van der Waals surface area contributed by atoms with Crippen LogP contribution in [0.4, 0.5) is 10.8 Å². The van der Waals surface area contributed by atoms with E-state index in [9.17, 15) is 0 Å². The van der Waals surface area contributed by atoms with Gasteiger partial charge in [0.05, 0.1) is 5.69 Å². The molecule has 3 rings (SSSR count). The maximum Gasteiger partial charge on any atom is 0.187 e. The van der Waals surface area contributed by atoms with Crippen LogP contribution in [0.2, 0.25) is 0 Å². The van der Waals surface area contributed by atoms with E-state index in [1.807, 2.05) is 23.7 Å². The van der Waals surface area contributed by atoms with Crippen LogP contribution in [0.25, 0.3) is 11.3 Å². The molecule has 0 atom stereocenters. The summed E-state index contributed by atoms with van der Waals surface area (Å²) < 4.78 is 0. The molecule has 0 fully saturated rings. The van der Waals surface area contributed by atoms with Crippen LogP contribution in [0.15, 0.2) is 54.2 Å². The molecule has 0 unspecified atom stereocenters. The number of anilines is 2. The molecule has 4 heteroatoms. The average molecular weight is 309 g/mol. The standard InChI is InChI=1S/C18H19N3S/c1-18(2,3)14-7-4-8-15(10-14)20-17-21-16(12-22-17)13-6-5-9-19-11-13/h4-12H,1-3H3,(H,20,21). The van der Waals surface area contributed by atoms with Crippen molar-refractivity contribution in [2.75, 3.05) is 5.32 Å². The Bertz CT molecular complexity index is 757. The van der Waals surface area contributed by atoms with Gasteiger partial charge in [0.15, 0.2) is 5.13 Å². The number of pyridine rings is 1. The number of thiazole rings is 1. The summed E-state index contributed by atoms with van der Waals surface area (Å²) in [6.07, 6.45) is 3.60. The lowest BCUT2D eigenvalue weighted by Crippen LogP contribution is -2.10. The fraction of sp³-hybridized carbons (Fsp3) is 0.222. The molecule has 1 N–H and O–H groups in total. The zero-order valence-electron chi connectivity index (χ0n) is 13.0. The molecule has 0 aliphatic carbocycles. The second kappa shape index (κ2) is 5.89. The van der Waals surface area contributed by atoms with Crippen LogP contribution in [-0.4, -0.2) is 9.97 Å². The lowest BCUT2D eigenvalue weighted by molar-refractivity contribution is 0.590. The van der Waals surface area contributed by atoms with Crippen LogP contribution in [0.3, 0.4) is 0 Å². The quantitative estimate of drug-likeness (QED) is 0.718. The van der Waals surface area contributed by atoms with Gasteiger partial charge in [0.25, 0.3) is 0 Å². The topological polar surface area (TPSA) is 37.8 Å². The van der Waals surface area contributed by atoms with E-state index in [2.05, 4.69) is 60.3 Å². The van der Waals surface area contributed by atoms with Gasteiger partial charge < -0.3 is 5.32 Å². The van der Waals surface area contributed by atoms with Crippen LogP contribution < -0.4 is 5.32 Å². The molecule has 0 aliphatic heterocycles. The SMILES string of the molecule is CC(C)(C)c1cccc(Nc2nc(-c3cccnc3)cs2)c1. The number of aromatic nitrogens is 2. The molecule has 3 aromatic rings. The largest absolute Gasteiger partial charge is 0.332 e. The molecule has 2 aromatic heterocycles. The molecular weight excluding hydrogens is 290 g/mol. The third-order valence-corrected chi connectivity index (χ3v) is 4.20. The van der Waals surface area contributed by atoms with E-state index in [1.54, 1.807) is 17.5 Å². The minimum atomic E-state index is 0.140. The van der Waals surface area contributed by atoms with Gasteiger partial charge in [-0.25, -0.2) is 4.98 Å². The number of hydrogen-bond acceptors (Lipinski definition) is 4. The number of hydrogen-bond donors (Lipinski definition) is 1. The first kappa shape index (κ1) is 14.7. The second-order valence-electron chi connectivity index (χ2n) is 6.24. The summed E-state index contributed by atoms with van der Waals surface area (Å²) in [5.74, 6) is 0. The van der Waals surface area contributed by atoms with Gasteiger partial charge in [-0.15, -0.1) is 11.3 Å². The van der Waals surface area contributed by atoms with Crippen molar-refractivity contribution in [1.29, 1.82) is 0 Å². The van der Waals surface area contributed by atoms with Crippen LogP contribution in [-0.2, 0) is 5.41 Å². The van der Waals surface area contributed by atoms with Gasteiger partial charge in [0.2, 0.25) is 0 Å². The summed E-state index contributed by atoms with van der Waals surface area (Å²) in [6.45, 7) is 6.65. The summed E-state index contributed by atoms with van der Waals surface area (Å²) >= 11 is 1.60. The molecule has 112 valence electrons. The molecule has 0 bridgehead atoms. The molecule has 3 nitrogen and oxygen atoms in total. The predicted molar refractivity (Wildman–Crippen MR) is 93.8 cm³/mol. The molecule has 0 spiro atoms. The number of benzene rings is 1. The summed E-state index contributed by atoms with van der Waals surface area (Å²) in [7, 11) is 0. The zero-order chi connectivity index (χ0) is 15.6. The predicted octanol–water partition coefficient (Wildman–Crippen LogP) is 5.25. The normalized spacial score (nSPS) is 11.4. The van der Waals surface area contributed by atoms with E-state index < -0.39 is 0 Å². The van der Waals surface area contributed by atoms with Gasteiger partial charge >= 0.3 is 0 Å². The first-order chi connectivity index (χ1) is 10.5. The van der Waals surface area contributed by atoms with Gasteiger partial charge in [-0.05, 0) is 35.2 Å². The van der Waals surface area contributed by atoms with Crippen LogP contribution >= 0.6 is 11.3 Å². The maximum absolute atomic E-state index is 4.64. The van der Waals surface area contributed by atoms with E-state index in [-0.39, 0.29) is 5.41 Å². The highest BCUT2D eigenvalue weighted by Gasteiger charge is 2.14. The maximum atomic E-state index is 4.64. The Balaban J connectivity index is 1.81. The van der Waals surface area contributed by atoms with Crippen molar-refractivity contribution < 1.29 is 0 Å². The molecule has 0 saturated carbocycles. The Kier molecular flexibility index (Phi) is 3.94. The Morgan fingerprint density at radius 2 is 1.95 bits per heavy atom. The van der Waals surface area contributed by atoms with Crippen molar-refractivity contribution in [3.63, 3.8) is 0 Å². The molecule has 0 saturated heterocycles. The molecule has 2 heterocycles. The number of rotatable bonds is 3. The first-order valence-corrected chi connectivity index (χ1v) is 8.14. The first-order valence-electron chi connectivity index (χ1n) is 7.26. The van der Waals surface area contributed by atoms with Crippen molar-refractivity contribution in [2.45, 2.75) is 26.2 Å². The number of nitrogens with zero attached hydrogens (tertiary/aromatic N) is 2. The lowest BCUT2D eigenvalue weighted by Gasteiger charge is -2.19. The van der Waals surface area contributed by atoms with Gasteiger partial charge in [0, 0.05) is 29.0 Å². The second-order valence-corrected chi connectivity index (χ2v) is 7.09. The van der Waals surface area contributed by atoms with E-state index >= 15 is 0 Å². The number of nitrogens with one attached hydrogen (secondary N) is 1. The molecule has 1 aromatic carbocycles. The molecule has 0 aliphatic rings.